The van der Waals surface area contributed by atoms with Crippen LogP contribution in [-0.2, 0) is 11.3 Å². The Labute approximate surface area is 222 Å². The van der Waals surface area contributed by atoms with Crippen LogP contribution in [0.15, 0.2) is 48.8 Å². The zero-order valence-electron chi connectivity index (χ0n) is 20.5. The van der Waals surface area contributed by atoms with Gasteiger partial charge in [0.05, 0.1) is 55.0 Å². The highest BCUT2D eigenvalue weighted by Crippen LogP contribution is 2.33. The van der Waals surface area contributed by atoms with E-state index in [4.69, 9.17) is 26.1 Å². The van der Waals surface area contributed by atoms with Crippen LogP contribution in [0.3, 0.4) is 0 Å². The third-order valence-corrected chi connectivity index (χ3v) is 6.56. The second-order valence-electron chi connectivity index (χ2n) is 8.84. The number of methoxy groups -OCH3 is 1. The molecule has 1 aliphatic heterocycles. The predicted octanol–water partition coefficient (Wildman–Crippen LogP) is 4.79. The third kappa shape index (κ3) is 4.91. The Balaban J connectivity index is 1.29. The Morgan fingerprint density at radius 3 is 2.84 bits per heavy atom. The van der Waals surface area contributed by atoms with Crippen LogP contribution in [0.1, 0.15) is 5.56 Å². The summed E-state index contributed by atoms with van der Waals surface area (Å²) in [5.74, 6) is 1.00. The van der Waals surface area contributed by atoms with Crippen molar-refractivity contribution in [2.45, 2.75) is 6.54 Å². The summed E-state index contributed by atoms with van der Waals surface area (Å²) in [5, 5.41) is 10.8. The molecular formula is C26H24ClFN8O2. The monoisotopic (exact) mass is 534 g/mol. The molecule has 0 unspecified atom stereocenters. The minimum absolute atomic E-state index is 0.162. The first-order valence-corrected chi connectivity index (χ1v) is 12.4. The van der Waals surface area contributed by atoms with Crippen LogP contribution < -0.4 is 10.1 Å². The van der Waals surface area contributed by atoms with Crippen molar-refractivity contribution in [3.05, 3.63) is 65.2 Å². The molecule has 0 bridgehead atoms. The standard InChI is InChI=1S/C26H24ClFN8O2/c1-37-22-13-29-24(17-11-16(27)3-4-18(17)28)34-25(22)33-21-12-30-35-23(21)26-31-19-5-2-15(10-20(19)32-26)14-36-6-8-38-9-7-36/h2-5,10-13H,6-9,14H2,1H3,(H,30,35)(H,31,32)(H,29,33,34). The van der Waals surface area contributed by atoms with Crippen LogP contribution in [0.4, 0.5) is 15.9 Å². The molecule has 2 aromatic carbocycles. The smallest absolute Gasteiger partial charge is 0.179 e. The number of aromatic nitrogens is 6. The van der Waals surface area contributed by atoms with Crippen LogP contribution in [0.5, 0.6) is 5.75 Å². The summed E-state index contributed by atoms with van der Waals surface area (Å²) in [4.78, 5) is 19.3. The zero-order chi connectivity index (χ0) is 26.1. The van der Waals surface area contributed by atoms with Gasteiger partial charge in [-0.2, -0.15) is 5.10 Å². The van der Waals surface area contributed by atoms with E-state index in [0.29, 0.717) is 33.8 Å². The fourth-order valence-electron chi connectivity index (χ4n) is 4.39. The van der Waals surface area contributed by atoms with E-state index in [1.807, 2.05) is 6.07 Å². The normalized spacial score (nSPS) is 14.2. The lowest BCUT2D eigenvalue weighted by molar-refractivity contribution is 0.0342. The molecule has 5 aromatic rings. The molecular weight excluding hydrogens is 511 g/mol. The number of hydrogen-bond donors (Lipinski definition) is 3. The molecule has 12 heteroatoms. The maximum atomic E-state index is 14.5. The zero-order valence-corrected chi connectivity index (χ0v) is 21.2. The van der Waals surface area contributed by atoms with Gasteiger partial charge in [0, 0.05) is 24.7 Å². The summed E-state index contributed by atoms with van der Waals surface area (Å²) < 4.78 is 25.4. The Bertz CT molecular complexity index is 1600. The molecule has 38 heavy (non-hydrogen) atoms. The van der Waals surface area contributed by atoms with Crippen LogP contribution in [0.25, 0.3) is 33.9 Å². The van der Waals surface area contributed by atoms with Crippen molar-refractivity contribution in [1.29, 1.82) is 0 Å². The number of fused-ring (bicyclic) bond motifs is 1. The van der Waals surface area contributed by atoms with E-state index < -0.39 is 5.82 Å². The SMILES string of the molecule is COc1cnc(-c2cc(Cl)ccc2F)nc1Nc1cn[nH]c1-c1nc2ccc(CN3CCOCC3)cc2[nH]1. The number of imidazole rings is 1. The Morgan fingerprint density at radius 1 is 1.13 bits per heavy atom. The maximum absolute atomic E-state index is 14.5. The molecule has 0 radical (unpaired) electrons. The first-order chi connectivity index (χ1) is 18.6. The first kappa shape index (κ1) is 24.3. The van der Waals surface area contributed by atoms with Gasteiger partial charge >= 0.3 is 0 Å². The minimum atomic E-state index is -0.482. The minimum Gasteiger partial charge on any atom is -0.491 e. The third-order valence-electron chi connectivity index (χ3n) is 6.33. The lowest BCUT2D eigenvalue weighted by Crippen LogP contribution is -2.35. The molecule has 0 amide bonds. The van der Waals surface area contributed by atoms with Crippen molar-refractivity contribution >= 4 is 34.1 Å². The number of hydrogen-bond acceptors (Lipinski definition) is 8. The fraction of sp³-hybridized carbons (Fsp3) is 0.231. The van der Waals surface area contributed by atoms with Crippen molar-refractivity contribution in [3.8, 4) is 28.7 Å². The topological polar surface area (TPSA) is 117 Å². The van der Waals surface area contributed by atoms with Gasteiger partial charge in [-0.15, -0.1) is 0 Å². The molecule has 1 aliphatic rings. The number of rotatable bonds is 7. The molecule has 10 nitrogen and oxygen atoms in total. The van der Waals surface area contributed by atoms with Crippen molar-refractivity contribution in [1.82, 2.24) is 35.0 Å². The van der Waals surface area contributed by atoms with E-state index >= 15 is 0 Å². The van der Waals surface area contributed by atoms with Crippen molar-refractivity contribution in [2.24, 2.45) is 0 Å². The second-order valence-corrected chi connectivity index (χ2v) is 9.28. The van der Waals surface area contributed by atoms with Gasteiger partial charge in [-0.25, -0.2) is 19.3 Å². The number of halogens is 2. The molecule has 3 N–H and O–H groups in total. The molecule has 194 valence electrons. The van der Waals surface area contributed by atoms with Crippen LogP contribution >= 0.6 is 11.6 Å². The maximum Gasteiger partial charge on any atom is 0.179 e. The lowest BCUT2D eigenvalue weighted by Gasteiger charge is -2.26. The van der Waals surface area contributed by atoms with Crippen molar-refractivity contribution in [2.75, 3.05) is 38.7 Å². The number of benzene rings is 2. The average Bonchev–Trinajstić information content (AvgIpc) is 3.57. The van der Waals surface area contributed by atoms with Gasteiger partial charge in [-0.1, -0.05) is 17.7 Å². The number of anilines is 2. The van der Waals surface area contributed by atoms with E-state index in [2.05, 4.69) is 47.5 Å². The molecule has 3 aromatic heterocycles. The van der Waals surface area contributed by atoms with E-state index in [0.717, 1.165) is 43.9 Å². The number of ether oxygens (including phenoxy) is 2. The van der Waals surface area contributed by atoms with Gasteiger partial charge in [0.2, 0.25) is 0 Å². The molecule has 0 saturated carbocycles. The van der Waals surface area contributed by atoms with E-state index in [1.165, 1.54) is 37.1 Å². The Hall–Kier alpha value is -4.06. The van der Waals surface area contributed by atoms with Gasteiger partial charge in [-0.05, 0) is 35.9 Å². The van der Waals surface area contributed by atoms with Gasteiger partial charge < -0.3 is 19.8 Å². The summed E-state index contributed by atoms with van der Waals surface area (Å²) in [5.41, 5.74) is 4.37. The highest BCUT2D eigenvalue weighted by molar-refractivity contribution is 6.30. The van der Waals surface area contributed by atoms with Gasteiger partial charge in [0.25, 0.3) is 0 Å². The highest BCUT2D eigenvalue weighted by Gasteiger charge is 2.18. The first-order valence-electron chi connectivity index (χ1n) is 12.0. The second kappa shape index (κ2) is 10.4. The quantitative estimate of drug-likeness (QED) is 0.273. The van der Waals surface area contributed by atoms with E-state index in [1.54, 1.807) is 6.20 Å². The fourth-order valence-corrected chi connectivity index (χ4v) is 4.56. The van der Waals surface area contributed by atoms with Crippen LogP contribution in [0.2, 0.25) is 5.02 Å². The number of nitrogens with one attached hydrogen (secondary N) is 3. The van der Waals surface area contributed by atoms with Gasteiger partial charge in [0.1, 0.15) is 11.5 Å². The summed E-state index contributed by atoms with van der Waals surface area (Å²) in [7, 11) is 1.51. The van der Waals surface area contributed by atoms with Crippen LogP contribution in [-0.4, -0.2) is 68.4 Å². The van der Waals surface area contributed by atoms with Crippen molar-refractivity contribution in [3.63, 3.8) is 0 Å². The molecule has 0 aliphatic carbocycles. The molecule has 1 fully saturated rings. The van der Waals surface area contributed by atoms with Crippen molar-refractivity contribution < 1.29 is 13.9 Å². The summed E-state index contributed by atoms with van der Waals surface area (Å²) >= 11 is 6.07. The summed E-state index contributed by atoms with van der Waals surface area (Å²) in [6.07, 6.45) is 3.09. The Morgan fingerprint density at radius 2 is 2.00 bits per heavy atom. The molecule has 0 atom stereocenters. The molecule has 0 spiro atoms. The number of H-pyrrole nitrogens is 2. The molecule has 6 rings (SSSR count). The lowest BCUT2D eigenvalue weighted by atomic mass is 10.2. The molecule has 4 heterocycles. The molecule has 1 saturated heterocycles. The number of aromatic amines is 2. The summed E-state index contributed by atoms with van der Waals surface area (Å²) in [6, 6.07) is 10.4. The van der Waals surface area contributed by atoms with E-state index in [-0.39, 0.29) is 11.4 Å². The average molecular weight is 535 g/mol. The number of nitrogens with zero attached hydrogens (tertiary/aromatic N) is 5. The van der Waals surface area contributed by atoms with Gasteiger partial charge in [0.15, 0.2) is 23.2 Å². The summed E-state index contributed by atoms with van der Waals surface area (Å²) in [6.45, 7) is 4.23. The predicted molar refractivity (Wildman–Crippen MR) is 142 cm³/mol. The Kier molecular flexibility index (Phi) is 6.62. The highest BCUT2D eigenvalue weighted by atomic mass is 35.5. The van der Waals surface area contributed by atoms with Crippen LogP contribution in [0, 0.1) is 5.82 Å². The largest absolute Gasteiger partial charge is 0.491 e. The number of morpholine rings is 1. The van der Waals surface area contributed by atoms with Gasteiger partial charge in [-0.3, -0.25) is 10.00 Å². The van der Waals surface area contributed by atoms with E-state index in [9.17, 15) is 4.39 Å².